The number of ether oxygens (including phenoxy) is 1. The normalized spacial score (nSPS) is 14.1. The summed E-state index contributed by atoms with van der Waals surface area (Å²) in [6.07, 6.45) is 0. The number of hydrogen-bond acceptors (Lipinski definition) is 4. The molecule has 0 fully saturated rings. The summed E-state index contributed by atoms with van der Waals surface area (Å²) in [6, 6.07) is 7.73. The lowest BCUT2D eigenvalue weighted by molar-refractivity contribution is -0.151. The van der Waals surface area contributed by atoms with Crippen LogP contribution in [0.15, 0.2) is 28.7 Å². The molecule has 112 valence electrons. The van der Waals surface area contributed by atoms with Gasteiger partial charge in [-0.25, -0.2) is 4.79 Å². The molecule has 0 saturated carbocycles. The largest absolute Gasteiger partial charge is 0.464 e. The van der Waals surface area contributed by atoms with Crippen LogP contribution in [0.1, 0.15) is 19.4 Å². The van der Waals surface area contributed by atoms with Crippen LogP contribution >= 0.6 is 15.9 Å². The van der Waals surface area contributed by atoms with Gasteiger partial charge in [-0.1, -0.05) is 28.1 Å². The minimum atomic E-state index is -0.827. The molecule has 0 bridgehead atoms. The minimum absolute atomic E-state index is 0.249. The molecule has 1 aromatic carbocycles. The van der Waals surface area contributed by atoms with E-state index in [2.05, 4.69) is 26.1 Å². The van der Waals surface area contributed by atoms with E-state index < -0.39 is 5.54 Å². The Bertz CT molecular complexity index is 434. The van der Waals surface area contributed by atoms with E-state index in [1.807, 2.05) is 52.2 Å². The first-order valence-electron chi connectivity index (χ1n) is 6.73. The summed E-state index contributed by atoms with van der Waals surface area (Å²) in [4.78, 5) is 14.4. The van der Waals surface area contributed by atoms with E-state index in [1.165, 1.54) is 0 Å². The summed E-state index contributed by atoms with van der Waals surface area (Å²) >= 11 is 3.41. The van der Waals surface area contributed by atoms with Crippen LogP contribution in [0.2, 0.25) is 0 Å². The Labute approximate surface area is 129 Å². The fraction of sp³-hybridized carbons (Fsp3) is 0.533. The molecule has 5 heteroatoms. The lowest BCUT2D eigenvalue weighted by Crippen LogP contribution is -2.49. The number of halogens is 1. The number of benzene rings is 1. The number of nitrogens with one attached hydrogen (secondary N) is 1. The maximum Gasteiger partial charge on any atom is 0.330 e. The van der Waals surface area contributed by atoms with Crippen molar-refractivity contribution < 1.29 is 9.53 Å². The van der Waals surface area contributed by atoms with Gasteiger partial charge in [0, 0.05) is 17.6 Å². The average molecular weight is 343 g/mol. The highest BCUT2D eigenvalue weighted by Gasteiger charge is 2.36. The highest BCUT2D eigenvalue weighted by atomic mass is 79.9. The summed E-state index contributed by atoms with van der Waals surface area (Å²) in [7, 11) is 4.01. The molecule has 0 aliphatic heterocycles. The number of hydrogen-bond donors (Lipinski definition) is 1. The standard InChI is InChI=1S/C15H23BrN2O2/c1-5-20-14(19)15(2,17-10-11-18(3)4)12-6-8-13(16)9-7-12/h6-9,17H,5,10-11H2,1-4H3. The molecule has 0 aliphatic carbocycles. The zero-order chi connectivity index (χ0) is 15.2. The van der Waals surface area contributed by atoms with Gasteiger partial charge in [0.2, 0.25) is 0 Å². The molecule has 20 heavy (non-hydrogen) atoms. The summed E-state index contributed by atoms with van der Waals surface area (Å²) in [5.41, 5.74) is 0.0742. The zero-order valence-corrected chi connectivity index (χ0v) is 14.2. The van der Waals surface area contributed by atoms with Crippen molar-refractivity contribution in [2.75, 3.05) is 33.8 Å². The summed E-state index contributed by atoms with van der Waals surface area (Å²) in [5.74, 6) is -0.249. The Morgan fingerprint density at radius 1 is 1.35 bits per heavy atom. The second kappa shape index (κ2) is 7.76. The van der Waals surface area contributed by atoms with Gasteiger partial charge in [-0.05, 0) is 45.6 Å². The monoisotopic (exact) mass is 342 g/mol. The smallest absolute Gasteiger partial charge is 0.330 e. The predicted octanol–water partition coefficient (Wildman–Crippen LogP) is 2.38. The highest BCUT2D eigenvalue weighted by molar-refractivity contribution is 9.10. The molecular weight excluding hydrogens is 320 g/mol. The van der Waals surface area contributed by atoms with Crippen molar-refractivity contribution in [1.29, 1.82) is 0 Å². The van der Waals surface area contributed by atoms with Crippen LogP contribution < -0.4 is 5.32 Å². The van der Waals surface area contributed by atoms with E-state index in [9.17, 15) is 4.79 Å². The minimum Gasteiger partial charge on any atom is -0.464 e. The van der Waals surface area contributed by atoms with Crippen molar-refractivity contribution in [2.24, 2.45) is 0 Å². The molecule has 0 aromatic heterocycles. The van der Waals surface area contributed by atoms with Crippen molar-refractivity contribution in [3.63, 3.8) is 0 Å². The van der Waals surface area contributed by atoms with Gasteiger partial charge in [0.25, 0.3) is 0 Å². The van der Waals surface area contributed by atoms with Crippen LogP contribution in [0.3, 0.4) is 0 Å². The highest BCUT2D eigenvalue weighted by Crippen LogP contribution is 2.24. The van der Waals surface area contributed by atoms with Crippen LogP contribution in [0.5, 0.6) is 0 Å². The van der Waals surface area contributed by atoms with Gasteiger partial charge in [0.05, 0.1) is 6.61 Å². The van der Waals surface area contributed by atoms with E-state index in [-0.39, 0.29) is 5.97 Å². The van der Waals surface area contributed by atoms with Gasteiger partial charge in [0.15, 0.2) is 0 Å². The fourth-order valence-corrected chi connectivity index (χ4v) is 2.14. The van der Waals surface area contributed by atoms with Crippen LogP contribution in [0.25, 0.3) is 0 Å². The Morgan fingerprint density at radius 2 is 1.95 bits per heavy atom. The van der Waals surface area contributed by atoms with E-state index >= 15 is 0 Å². The first-order chi connectivity index (χ1) is 9.40. The second-order valence-electron chi connectivity index (χ2n) is 5.08. The summed E-state index contributed by atoms with van der Waals surface area (Å²) in [5, 5.41) is 3.32. The van der Waals surface area contributed by atoms with E-state index in [1.54, 1.807) is 0 Å². The number of carbonyl (C=O) groups excluding carboxylic acids is 1. The van der Waals surface area contributed by atoms with Crippen LogP contribution in [-0.2, 0) is 15.1 Å². The number of likely N-dealkylation sites (N-methyl/N-ethyl adjacent to an activating group) is 1. The van der Waals surface area contributed by atoms with Gasteiger partial charge in [-0.15, -0.1) is 0 Å². The first-order valence-corrected chi connectivity index (χ1v) is 7.52. The molecule has 1 unspecified atom stereocenters. The molecule has 0 radical (unpaired) electrons. The van der Waals surface area contributed by atoms with Gasteiger partial charge < -0.3 is 9.64 Å². The van der Waals surface area contributed by atoms with Crippen molar-refractivity contribution in [2.45, 2.75) is 19.4 Å². The molecule has 0 saturated heterocycles. The molecule has 0 heterocycles. The maximum atomic E-state index is 12.3. The van der Waals surface area contributed by atoms with Gasteiger partial charge in [-0.2, -0.15) is 0 Å². The SMILES string of the molecule is CCOC(=O)C(C)(NCCN(C)C)c1ccc(Br)cc1. The van der Waals surface area contributed by atoms with Gasteiger partial charge in [0.1, 0.15) is 5.54 Å². The maximum absolute atomic E-state index is 12.3. The van der Waals surface area contributed by atoms with Crippen LogP contribution in [0, 0.1) is 0 Å². The fourth-order valence-electron chi connectivity index (χ4n) is 1.88. The number of nitrogens with zero attached hydrogens (tertiary/aromatic N) is 1. The molecule has 0 spiro atoms. The molecule has 1 atom stereocenters. The van der Waals surface area contributed by atoms with Crippen LogP contribution in [-0.4, -0.2) is 44.7 Å². The van der Waals surface area contributed by atoms with Gasteiger partial charge >= 0.3 is 5.97 Å². The molecule has 0 aliphatic rings. The molecule has 1 rings (SSSR count). The molecular formula is C15H23BrN2O2. The topological polar surface area (TPSA) is 41.6 Å². The van der Waals surface area contributed by atoms with E-state index in [4.69, 9.17) is 4.74 Å². The van der Waals surface area contributed by atoms with E-state index in [0.717, 1.165) is 16.6 Å². The zero-order valence-electron chi connectivity index (χ0n) is 12.6. The van der Waals surface area contributed by atoms with Crippen molar-refractivity contribution in [3.8, 4) is 0 Å². The Morgan fingerprint density at radius 3 is 2.45 bits per heavy atom. The third-order valence-corrected chi connectivity index (χ3v) is 3.67. The lowest BCUT2D eigenvalue weighted by atomic mass is 9.92. The van der Waals surface area contributed by atoms with Crippen LogP contribution in [0.4, 0.5) is 0 Å². The van der Waals surface area contributed by atoms with Crippen molar-refractivity contribution >= 4 is 21.9 Å². The van der Waals surface area contributed by atoms with Crippen molar-refractivity contribution in [1.82, 2.24) is 10.2 Å². The quantitative estimate of drug-likeness (QED) is 0.772. The third-order valence-electron chi connectivity index (χ3n) is 3.14. The predicted molar refractivity (Wildman–Crippen MR) is 84.7 cm³/mol. The number of esters is 1. The lowest BCUT2D eigenvalue weighted by Gasteiger charge is -2.29. The van der Waals surface area contributed by atoms with E-state index in [0.29, 0.717) is 13.2 Å². The summed E-state index contributed by atoms with van der Waals surface area (Å²) < 4.78 is 6.21. The van der Waals surface area contributed by atoms with Gasteiger partial charge in [-0.3, -0.25) is 5.32 Å². The summed E-state index contributed by atoms with van der Waals surface area (Å²) in [6.45, 7) is 5.62. The Balaban J connectivity index is 2.93. The Kier molecular flexibility index (Phi) is 6.65. The number of carbonyl (C=O) groups is 1. The molecule has 1 N–H and O–H groups in total. The molecule has 4 nitrogen and oxygen atoms in total. The Hall–Kier alpha value is -0.910. The third kappa shape index (κ3) is 4.58. The molecule has 1 aromatic rings. The first kappa shape index (κ1) is 17.1. The average Bonchev–Trinajstić information content (AvgIpc) is 2.39. The molecule has 0 amide bonds. The second-order valence-corrected chi connectivity index (χ2v) is 6.00. The number of rotatable bonds is 7. The van der Waals surface area contributed by atoms with Crippen molar-refractivity contribution in [3.05, 3.63) is 34.3 Å².